The Balaban J connectivity index is 2.38. The predicted molar refractivity (Wildman–Crippen MR) is 44.3 cm³/mol. The fourth-order valence-corrected chi connectivity index (χ4v) is 1.03. The van der Waals surface area contributed by atoms with E-state index in [9.17, 15) is 0 Å². The Bertz CT molecular complexity index is 205. The lowest BCUT2D eigenvalue weighted by molar-refractivity contribution is -0.126. The van der Waals surface area contributed by atoms with E-state index in [-0.39, 0.29) is 6.29 Å². The van der Waals surface area contributed by atoms with E-state index in [4.69, 9.17) is 14.7 Å². The third-order valence-corrected chi connectivity index (χ3v) is 1.70. The summed E-state index contributed by atoms with van der Waals surface area (Å²) in [6.07, 6.45) is 3.58. The average molecular weight is 167 g/mol. The summed E-state index contributed by atoms with van der Waals surface area (Å²) in [5.41, 5.74) is 0.661. The molecule has 3 heteroatoms. The second-order valence-corrected chi connectivity index (χ2v) is 2.70. The molecule has 12 heavy (non-hydrogen) atoms. The summed E-state index contributed by atoms with van der Waals surface area (Å²) in [4.78, 5) is 0. The average Bonchev–Trinajstić information content (AvgIpc) is 2.31. The number of hydrogen-bond donors (Lipinski definition) is 0. The highest BCUT2D eigenvalue weighted by Crippen LogP contribution is 2.10. The Kier molecular flexibility index (Phi) is 3.78. The van der Waals surface area contributed by atoms with E-state index in [2.05, 4.69) is 13.0 Å². The minimum absolute atomic E-state index is 0.128. The van der Waals surface area contributed by atoms with Gasteiger partial charge in [0.15, 0.2) is 6.29 Å². The molecule has 0 bridgehead atoms. The van der Waals surface area contributed by atoms with Crippen molar-refractivity contribution in [2.75, 3.05) is 13.2 Å². The molecule has 0 amide bonds. The minimum atomic E-state index is -0.128. The lowest BCUT2D eigenvalue weighted by Crippen LogP contribution is -2.15. The molecule has 0 fully saturated rings. The molecule has 0 N–H and O–H groups in total. The Labute approximate surface area is 72.6 Å². The molecule has 1 aliphatic heterocycles. The number of hydrogen-bond acceptors (Lipinski definition) is 3. The van der Waals surface area contributed by atoms with Crippen molar-refractivity contribution in [1.29, 1.82) is 5.26 Å². The van der Waals surface area contributed by atoms with Gasteiger partial charge in [0.2, 0.25) is 0 Å². The Morgan fingerprint density at radius 3 is 3.17 bits per heavy atom. The first-order chi connectivity index (χ1) is 5.86. The van der Waals surface area contributed by atoms with Crippen molar-refractivity contribution in [3.05, 3.63) is 11.6 Å². The largest absolute Gasteiger partial charge is 0.349 e. The molecule has 0 saturated carbocycles. The molecule has 1 aliphatic rings. The quantitative estimate of drug-likeness (QED) is 0.627. The monoisotopic (exact) mass is 167 g/mol. The van der Waals surface area contributed by atoms with Gasteiger partial charge < -0.3 is 9.47 Å². The highest BCUT2D eigenvalue weighted by molar-refractivity contribution is 5.21. The van der Waals surface area contributed by atoms with Gasteiger partial charge in [-0.3, -0.25) is 0 Å². The van der Waals surface area contributed by atoms with E-state index in [0.29, 0.717) is 18.8 Å². The summed E-state index contributed by atoms with van der Waals surface area (Å²) in [6, 6.07) is 2.06. The summed E-state index contributed by atoms with van der Waals surface area (Å²) in [7, 11) is 0. The number of nitriles is 1. The van der Waals surface area contributed by atoms with Crippen molar-refractivity contribution in [1.82, 2.24) is 0 Å². The Morgan fingerprint density at radius 1 is 1.67 bits per heavy atom. The summed E-state index contributed by atoms with van der Waals surface area (Å²) in [5.74, 6) is 0. The lowest BCUT2D eigenvalue weighted by Gasteiger charge is -2.13. The standard InChI is InChI=1S/C9H13NO2/c1-2-3-9-11-5-4-8(6-10)7-12-9/h4,9H,2-3,5,7H2,1H3. The highest BCUT2D eigenvalue weighted by Gasteiger charge is 2.11. The SMILES string of the molecule is CCCC1OCC=C(C#N)CO1. The van der Waals surface area contributed by atoms with Crippen LogP contribution in [-0.4, -0.2) is 19.5 Å². The highest BCUT2D eigenvalue weighted by atomic mass is 16.7. The van der Waals surface area contributed by atoms with E-state index >= 15 is 0 Å². The molecular formula is C9H13NO2. The Hall–Kier alpha value is -0.850. The third-order valence-electron chi connectivity index (χ3n) is 1.70. The van der Waals surface area contributed by atoms with Crippen molar-refractivity contribution < 1.29 is 9.47 Å². The summed E-state index contributed by atoms with van der Waals surface area (Å²) < 4.78 is 10.7. The van der Waals surface area contributed by atoms with Crippen molar-refractivity contribution in [3.63, 3.8) is 0 Å². The topological polar surface area (TPSA) is 42.2 Å². The fraction of sp³-hybridized carbons (Fsp3) is 0.667. The van der Waals surface area contributed by atoms with Crippen LogP contribution in [0.1, 0.15) is 19.8 Å². The molecule has 0 saturated heterocycles. The van der Waals surface area contributed by atoms with Crippen LogP contribution in [0.4, 0.5) is 0 Å². The van der Waals surface area contributed by atoms with Crippen molar-refractivity contribution in [3.8, 4) is 6.07 Å². The van der Waals surface area contributed by atoms with Gasteiger partial charge in [-0.1, -0.05) is 13.3 Å². The summed E-state index contributed by atoms with van der Waals surface area (Å²) in [6.45, 7) is 2.96. The molecule has 1 heterocycles. The smallest absolute Gasteiger partial charge is 0.158 e. The summed E-state index contributed by atoms with van der Waals surface area (Å²) >= 11 is 0. The van der Waals surface area contributed by atoms with Gasteiger partial charge in [-0.25, -0.2) is 0 Å². The van der Waals surface area contributed by atoms with Crippen LogP contribution in [0, 0.1) is 11.3 Å². The van der Waals surface area contributed by atoms with Crippen LogP contribution < -0.4 is 0 Å². The van der Waals surface area contributed by atoms with E-state index in [0.717, 1.165) is 12.8 Å². The molecule has 0 aromatic rings. The molecule has 0 radical (unpaired) electrons. The lowest BCUT2D eigenvalue weighted by atomic mass is 10.3. The molecule has 0 aromatic carbocycles. The van der Waals surface area contributed by atoms with E-state index in [1.54, 1.807) is 6.08 Å². The van der Waals surface area contributed by atoms with Gasteiger partial charge in [-0.15, -0.1) is 0 Å². The van der Waals surface area contributed by atoms with E-state index in [1.807, 2.05) is 0 Å². The van der Waals surface area contributed by atoms with Gasteiger partial charge in [-0.2, -0.15) is 5.26 Å². The first-order valence-corrected chi connectivity index (χ1v) is 4.19. The second-order valence-electron chi connectivity index (χ2n) is 2.70. The predicted octanol–water partition coefficient (Wildman–Crippen LogP) is 1.61. The van der Waals surface area contributed by atoms with Crippen LogP contribution in [0.3, 0.4) is 0 Å². The first-order valence-electron chi connectivity index (χ1n) is 4.19. The van der Waals surface area contributed by atoms with Crippen LogP contribution in [-0.2, 0) is 9.47 Å². The maximum absolute atomic E-state index is 8.58. The zero-order chi connectivity index (χ0) is 8.81. The number of nitrogens with zero attached hydrogens (tertiary/aromatic N) is 1. The zero-order valence-electron chi connectivity index (χ0n) is 7.25. The molecule has 1 atom stereocenters. The normalized spacial score (nSPS) is 24.0. The maximum Gasteiger partial charge on any atom is 0.158 e. The van der Waals surface area contributed by atoms with Gasteiger partial charge in [-0.05, 0) is 12.5 Å². The fourth-order valence-electron chi connectivity index (χ4n) is 1.03. The van der Waals surface area contributed by atoms with Crippen LogP contribution >= 0.6 is 0 Å². The maximum atomic E-state index is 8.58. The van der Waals surface area contributed by atoms with Crippen molar-refractivity contribution >= 4 is 0 Å². The molecule has 66 valence electrons. The molecular weight excluding hydrogens is 154 g/mol. The van der Waals surface area contributed by atoms with Crippen LogP contribution in [0.2, 0.25) is 0 Å². The van der Waals surface area contributed by atoms with Gasteiger partial charge in [0.25, 0.3) is 0 Å². The number of ether oxygens (including phenoxy) is 2. The van der Waals surface area contributed by atoms with Crippen LogP contribution in [0.5, 0.6) is 0 Å². The molecule has 0 spiro atoms. The molecule has 0 aromatic heterocycles. The Morgan fingerprint density at radius 2 is 2.50 bits per heavy atom. The van der Waals surface area contributed by atoms with Crippen molar-refractivity contribution in [2.45, 2.75) is 26.1 Å². The minimum Gasteiger partial charge on any atom is -0.349 e. The summed E-state index contributed by atoms with van der Waals surface area (Å²) in [5, 5.41) is 8.58. The number of rotatable bonds is 2. The van der Waals surface area contributed by atoms with Gasteiger partial charge in [0, 0.05) is 0 Å². The van der Waals surface area contributed by atoms with E-state index < -0.39 is 0 Å². The van der Waals surface area contributed by atoms with Gasteiger partial charge >= 0.3 is 0 Å². The first kappa shape index (κ1) is 9.24. The zero-order valence-corrected chi connectivity index (χ0v) is 7.25. The molecule has 1 rings (SSSR count). The molecule has 3 nitrogen and oxygen atoms in total. The molecule has 0 aliphatic carbocycles. The second kappa shape index (κ2) is 4.91. The third kappa shape index (κ3) is 2.65. The van der Waals surface area contributed by atoms with Gasteiger partial charge in [0.05, 0.1) is 24.9 Å². The van der Waals surface area contributed by atoms with Crippen molar-refractivity contribution in [2.24, 2.45) is 0 Å². The van der Waals surface area contributed by atoms with Crippen LogP contribution in [0.15, 0.2) is 11.6 Å². The van der Waals surface area contributed by atoms with E-state index in [1.165, 1.54) is 0 Å². The molecule has 1 unspecified atom stereocenters. The van der Waals surface area contributed by atoms with Gasteiger partial charge in [0.1, 0.15) is 0 Å². The van der Waals surface area contributed by atoms with Crippen LogP contribution in [0.25, 0.3) is 0 Å².